The van der Waals surface area contributed by atoms with E-state index >= 15 is 0 Å². The first kappa shape index (κ1) is 12.5. The van der Waals surface area contributed by atoms with Crippen LogP contribution in [0.1, 0.15) is 13.3 Å². The highest BCUT2D eigenvalue weighted by molar-refractivity contribution is 9.11. The van der Waals surface area contributed by atoms with E-state index in [1.165, 1.54) is 0 Å². The number of hydrogen-bond donors (Lipinski definition) is 1. The summed E-state index contributed by atoms with van der Waals surface area (Å²) >= 11 is 10.1. The Hall–Kier alpha value is 0.420. The maximum absolute atomic E-state index is 9.35. The van der Waals surface area contributed by atoms with Gasteiger partial charge in [0.25, 0.3) is 0 Å². The monoisotopic (exact) mass is 386 g/mol. The third-order valence-corrected chi connectivity index (χ3v) is 3.20. The molecular formula is C9H9Br3O2. The molecule has 5 heteroatoms. The van der Waals surface area contributed by atoms with Gasteiger partial charge in [-0.25, -0.2) is 0 Å². The summed E-state index contributed by atoms with van der Waals surface area (Å²) in [5, 5.41) is 9.35. The van der Waals surface area contributed by atoms with E-state index in [-0.39, 0.29) is 0 Å². The third kappa shape index (κ3) is 3.22. The van der Waals surface area contributed by atoms with E-state index in [9.17, 15) is 5.11 Å². The Morgan fingerprint density at radius 1 is 1.29 bits per heavy atom. The Kier molecular flexibility index (Phi) is 4.90. The molecule has 0 aliphatic heterocycles. The lowest BCUT2D eigenvalue weighted by Crippen LogP contribution is -2.14. The predicted molar refractivity (Wildman–Crippen MR) is 66.5 cm³/mol. The number of hydrogen-bond acceptors (Lipinski definition) is 2. The standard InChI is InChI=1S/C9H9Br3O2/c1-2-8(13)14-9-6(11)3-5(10)4-7(9)12/h3-4,8,13H,2H2,1H3. The molecule has 0 saturated heterocycles. The second-order valence-corrected chi connectivity index (χ2v) is 5.30. The first-order valence-corrected chi connectivity index (χ1v) is 6.41. The van der Waals surface area contributed by atoms with Crippen molar-refractivity contribution in [2.24, 2.45) is 0 Å². The number of halogens is 3. The van der Waals surface area contributed by atoms with Crippen LogP contribution in [0.2, 0.25) is 0 Å². The molecule has 1 unspecified atom stereocenters. The van der Waals surface area contributed by atoms with Gasteiger partial charge in [0.15, 0.2) is 12.0 Å². The molecule has 1 aromatic carbocycles. The Bertz CT molecular complexity index is 305. The summed E-state index contributed by atoms with van der Waals surface area (Å²) in [6.45, 7) is 1.85. The molecule has 1 N–H and O–H groups in total. The van der Waals surface area contributed by atoms with Crippen LogP contribution in [0.4, 0.5) is 0 Å². The SMILES string of the molecule is CCC(O)Oc1c(Br)cc(Br)cc1Br. The normalized spacial score (nSPS) is 12.6. The summed E-state index contributed by atoms with van der Waals surface area (Å²) in [6, 6.07) is 3.73. The molecule has 78 valence electrons. The van der Waals surface area contributed by atoms with Gasteiger partial charge in [0.2, 0.25) is 0 Å². The van der Waals surface area contributed by atoms with Gasteiger partial charge >= 0.3 is 0 Å². The zero-order valence-corrected chi connectivity index (χ0v) is 12.2. The second kappa shape index (κ2) is 5.49. The van der Waals surface area contributed by atoms with Gasteiger partial charge in [0.1, 0.15) is 0 Å². The van der Waals surface area contributed by atoms with E-state index in [0.717, 1.165) is 13.4 Å². The lowest BCUT2D eigenvalue weighted by Gasteiger charge is -2.14. The molecule has 0 aliphatic carbocycles. The van der Waals surface area contributed by atoms with E-state index in [2.05, 4.69) is 47.8 Å². The van der Waals surface area contributed by atoms with Crippen LogP contribution in [0.15, 0.2) is 25.6 Å². The van der Waals surface area contributed by atoms with E-state index in [0.29, 0.717) is 12.2 Å². The fourth-order valence-electron chi connectivity index (χ4n) is 0.861. The van der Waals surface area contributed by atoms with Crippen molar-refractivity contribution < 1.29 is 9.84 Å². The first-order valence-electron chi connectivity index (χ1n) is 4.04. The van der Waals surface area contributed by atoms with Crippen molar-refractivity contribution in [3.8, 4) is 5.75 Å². The number of rotatable bonds is 3. The number of benzene rings is 1. The maximum Gasteiger partial charge on any atom is 0.197 e. The fraction of sp³-hybridized carbons (Fsp3) is 0.333. The van der Waals surface area contributed by atoms with Crippen LogP contribution in [-0.4, -0.2) is 11.4 Å². The lowest BCUT2D eigenvalue weighted by molar-refractivity contribution is -0.0202. The smallest absolute Gasteiger partial charge is 0.197 e. The Labute approximate surface area is 108 Å². The van der Waals surface area contributed by atoms with Crippen molar-refractivity contribution in [2.45, 2.75) is 19.6 Å². The zero-order valence-electron chi connectivity index (χ0n) is 7.43. The average molecular weight is 389 g/mol. The van der Waals surface area contributed by atoms with Gasteiger partial charge in [-0.15, -0.1) is 0 Å². The average Bonchev–Trinajstić information content (AvgIpc) is 2.10. The van der Waals surface area contributed by atoms with Gasteiger partial charge in [0, 0.05) is 10.9 Å². The van der Waals surface area contributed by atoms with Gasteiger partial charge in [-0.2, -0.15) is 0 Å². The molecule has 0 fully saturated rings. The summed E-state index contributed by atoms with van der Waals surface area (Å²) in [6.07, 6.45) is -0.224. The zero-order chi connectivity index (χ0) is 10.7. The van der Waals surface area contributed by atoms with Crippen molar-refractivity contribution in [2.75, 3.05) is 0 Å². The highest BCUT2D eigenvalue weighted by Gasteiger charge is 2.11. The van der Waals surface area contributed by atoms with Crippen LogP contribution in [0.5, 0.6) is 5.75 Å². The van der Waals surface area contributed by atoms with Crippen LogP contribution in [0, 0.1) is 0 Å². The van der Waals surface area contributed by atoms with Gasteiger partial charge < -0.3 is 9.84 Å². The Morgan fingerprint density at radius 3 is 2.21 bits per heavy atom. The molecule has 0 heterocycles. The molecular weight excluding hydrogens is 380 g/mol. The van der Waals surface area contributed by atoms with Gasteiger partial charge in [-0.1, -0.05) is 22.9 Å². The van der Waals surface area contributed by atoms with E-state index in [1.54, 1.807) is 0 Å². The van der Waals surface area contributed by atoms with Crippen molar-refractivity contribution in [1.82, 2.24) is 0 Å². The quantitative estimate of drug-likeness (QED) is 0.790. The minimum absolute atomic E-state index is 0.551. The van der Waals surface area contributed by atoms with Crippen LogP contribution in [0.3, 0.4) is 0 Å². The third-order valence-electron chi connectivity index (χ3n) is 1.57. The molecule has 0 bridgehead atoms. The molecule has 0 radical (unpaired) electrons. The van der Waals surface area contributed by atoms with Crippen LogP contribution >= 0.6 is 47.8 Å². The maximum atomic E-state index is 9.35. The highest BCUT2D eigenvalue weighted by atomic mass is 79.9. The lowest BCUT2D eigenvalue weighted by atomic mass is 10.3. The van der Waals surface area contributed by atoms with Crippen LogP contribution < -0.4 is 4.74 Å². The van der Waals surface area contributed by atoms with Crippen molar-refractivity contribution in [3.63, 3.8) is 0 Å². The molecule has 0 aliphatic rings. The molecule has 2 nitrogen and oxygen atoms in total. The summed E-state index contributed by atoms with van der Waals surface area (Å²) in [7, 11) is 0. The van der Waals surface area contributed by atoms with Gasteiger partial charge in [-0.3, -0.25) is 0 Å². The number of ether oxygens (including phenoxy) is 1. The summed E-state index contributed by atoms with van der Waals surface area (Å²) in [5.74, 6) is 0.613. The predicted octanol–water partition coefficient (Wildman–Crippen LogP) is 4.08. The summed E-state index contributed by atoms with van der Waals surface area (Å²) in [5.41, 5.74) is 0. The van der Waals surface area contributed by atoms with Crippen LogP contribution in [0.25, 0.3) is 0 Å². The molecule has 1 atom stereocenters. The van der Waals surface area contributed by atoms with Crippen molar-refractivity contribution in [3.05, 3.63) is 25.6 Å². The van der Waals surface area contributed by atoms with Gasteiger partial charge in [-0.05, 0) is 44.0 Å². The molecule has 0 amide bonds. The van der Waals surface area contributed by atoms with E-state index in [1.807, 2.05) is 19.1 Å². The summed E-state index contributed by atoms with van der Waals surface area (Å²) < 4.78 is 7.86. The van der Waals surface area contributed by atoms with Crippen molar-refractivity contribution >= 4 is 47.8 Å². The van der Waals surface area contributed by atoms with E-state index < -0.39 is 6.29 Å². The fourth-order valence-corrected chi connectivity index (χ4v) is 3.31. The van der Waals surface area contributed by atoms with Crippen molar-refractivity contribution in [1.29, 1.82) is 0 Å². The topological polar surface area (TPSA) is 29.5 Å². The number of aliphatic hydroxyl groups excluding tert-OH is 1. The summed E-state index contributed by atoms with van der Waals surface area (Å²) in [4.78, 5) is 0. The first-order chi connectivity index (χ1) is 6.54. The molecule has 1 aromatic rings. The number of aliphatic hydroxyl groups is 1. The largest absolute Gasteiger partial charge is 0.463 e. The minimum Gasteiger partial charge on any atom is -0.463 e. The molecule has 0 aromatic heterocycles. The molecule has 0 saturated carbocycles. The van der Waals surface area contributed by atoms with Gasteiger partial charge in [0.05, 0.1) is 8.95 Å². The minimum atomic E-state index is -0.774. The van der Waals surface area contributed by atoms with E-state index in [4.69, 9.17) is 4.74 Å². The Balaban J connectivity index is 2.96. The molecule has 14 heavy (non-hydrogen) atoms. The Morgan fingerprint density at radius 2 is 1.79 bits per heavy atom. The second-order valence-electron chi connectivity index (χ2n) is 2.68. The van der Waals surface area contributed by atoms with Crippen LogP contribution in [-0.2, 0) is 0 Å². The molecule has 0 spiro atoms. The highest BCUT2D eigenvalue weighted by Crippen LogP contribution is 2.36. The molecule has 1 rings (SSSR count).